The summed E-state index contributed by atoms with van der Waals surface area (Å²) in [5.41, 5.74) is 6.03. The molecule has 2 aromatic rings. The topological polar surface area (TPSA) is 199 Å². The summed E-state index contributed by atoms with van der Waals surface area (Å²) in [6.07, 6.45) is -3.76. The van der Waals surface area contributed by atoms with E-state index in [1.54, 1.807) is 0 Å². The summed E-state index contributed by atoms with van der Waals surface area (Å²) in [6, 6.07) is 1.41. The van der Waals surface area contributed by atoms with Gasteiger partial charge in [0.15, 0.2) is 17.8 Å². The average molecular weight is 633 g/mol. The van der Waals surface area contributed by atoms with Crippen LogP contribution in [0.15, 0.2) is 34.8 Å². The normalized spacial score (nSPS) is 19.9. The van der Waals surface area contributed by atoms with Crippen LogP contribution in [0, 0.1) is 5.82 Å². The molecule has 20 heteroatoms. The van der Waals surface area contributed by atoms with Gasteiger partial charge in [0, 0.05) is 28.6 Å². The van der Waals surface area contributed by atoms with E-state index >= 15 is 8.78 Å². The first-order valence-corrected chi connectivity index (χ1v) is 12.7. The van der Waals surface area contributed by atoms with Crippen molar-refractivity contribution >= 4 is 47.2 Å². The molecule has 4 amide bonds. The SMILES string of the molecule is C[C@]1(c2cc(NC(=O)c3ncc(OCC(F)F)nc3C3=CSN(C(=O)O)N3C(N)=O)ccc2F)N=C(N)COCC1(F)F. The summed E-state index contributed by atoms with van der Waals surface area (Å²) in [4.78, 5) is 48.6. The van der Waals surface area contributed by atoms with Crippen molar-refractivity contribution in [2.24, 2.45) is 16.5 Å². The molecule has 1 aromatic heterocycles. The van der Waals surface area contributed by atoms with Crippen molar-refractivity contribution in [1.29, 1.82) is 0 Å². The Kier molecular flexibility index (Phi) is 8.62. The summed E-state index contributed by atoms with van der Waals surface area (Å²) < 4.78 is 80.5. The number of aromatic nitrogens is 2. The maximum absolute atomic E-state index is 15.1. The van der Waals surface area contributed by atoms with Gasteiger partial charge in [0.1, 0.15) is 36.3 Å². The van der Waals surface area contributed by atoms with Gasteiger partial charge in [0.05, 0.1) is 6.20 Å². The number of aliphatic imine (C=N–C) groups is 1. The number of urea groups is 1. The number of alkyl halides is 4. The highest BCUT2D eigenvalue weighted by Gasteiger charge is 2.54. The first-order chi connectivity index (χ1) is 20.1. The maximum atomic E-state index is 15.1. The van der Waals surface area contributed by atoms with Crippen molar-refractivity contribution in [1.82, 2.24) is 19.4 Å². The van der Waals surface area contributed by atoms with Gasteiger partial charge in [-0.1, -0.05) is 0 Å². The number of rotatable bonds is 7. The third-order valence-electron chi connectivity index (χ3n) is 5.97. The van der Waals surface area contributed by atoms with Crippen LogP contribution in [0.4, 0.5) is 37.2 Å². The Bertz CT molecular complexity index is 1530. The number of carboxylic acid groups (broad SMARTS) is 1. The Labute approximate surface area is 242 Å². The third-order valence-corrected chi connectivity index (χ3v) is 6.82. The largest absolute Gasteiger partial charge is 0.470 e. The summed E-state index contributed by atoms with van der Waals surface area (Å²) in [7, 11) is 0. The van der Waals surface area contributed by atoms with Crippen molar-refractivity contribution < 1.29 is 50.9 Å². The lowest BCUT2D eigenvalue weighted by molar-refractivity contribution is -0.116. The van der Waals surface area contributed by atoms with Gasteiger partial charge < -0.3 is 31.4 Å². The molecule has 6 N–H and O–H groups in total. The van der Waals surface area contributed by atoms with Crippen LogP contribution in [0.5, 0.6) is 5.88 Å². The van der Waals surface area contributed by atoms with Crippen LogP contribution in [-0.2, 0) is 10.3 Å². The minimum atomic E-state index is -3.73. The first-order valence-electron chi connectivity index (χ1n) is 11.8. The summed E-state index contributed by atoms with van der Waals surface area (Å²) in [5.74, 6) is -6.79. The highest BCUT2D eigenvalue weighted by atomic mass is 32.2. The van der Waals surface area contributed by atoms with Crippen LogP contribution in [-0.4, -0.2) is 80.5 Å². The molecule has 0 fully saturated rings. The molecule has 1 aromatic carbocycles. The van der Waals surface area contributed by atoms with Crippen LogP contribution >= 0.6 is 11.9 Å². The monoisotopic (exact) mass is 632 g/mol. The standard InChI is InChI=1S/C23H21F5N8O6S/c1-22(23(27,28)9-41-7-15(29)34-22)11-4-10(2-3-12(11)24)32-19(37)18-17(33-16(5-31-18)42-6-14(25)26)13-8-43-36(21(39)40)35(13)20(30)38/h2-5,8,14H,6-7,9H2,1H3,(H2,29,34)(H2,30,38)(H,32,37)(H,39,40)/t22-/m1/s1. The van der Waals surface area contributed by atoms with Crippen LogP contribution < -0.4 is 21.5 Å². The van der Waals surface area contributed by atoms with E-state index in [2.05, 4.69) is 20.3 Å². The summed E-state index contributed by atoms with van der Waals surface area (Å²) in [5, 5.41) is 13.2. The van der Waals surface area contributed by atoms with Crippen LogP contribution in [0.2, 0.25) is 0 Å². The smallest absolute Gasteiger partial charge is 0.437 e. The fourth-order valence-corrected chi connectivity index (χ4v) is 4.74. The van der Waals surface area contributed by atoms with Gasteiger partial charge in [0.2, 0.25) is 5.88 Å². The Morgan fingerprint density at radius 1 is 1.30 bits per heavy atom. The fourth-order valence-electron chi connectivity index (χ4n) is 3.97. The van der Waals surface area contributed by atoms with Gasteiger partial charge in [-0.25, -0.2) is 41.5 Å². The molecule has 0 unspecified atom stereocenters. The predicted octanol–water partition coefficient (Wildman–Crippen LogP) is 2.99. The molecular weight excluding hydrogens is 611 g/mol. The zero-order valence-electron chi connectivity index (χ0n) is 21.8. The lowest BCUT2D eigenvalue weighted by Gasteiger charge is -2.33. The number of nitrogens with zero attached hydrogens (tertiary/aromatic N) is 5. The lowest BCUT2D eigenvalue weighted by atomic mass is 9.85. The second-order valence-electron chi connectivity index (χ2n) is 8.94. The van der Waals surface area contributed by atoms with Crippen LogP contribution in [0.3, 0.4) is 0 Å². The molecule has 1 atom stereocenters. The molecule has 0 spiro atoms. The van der Waals surface area contributed by atoms with Gasteiger partial charge in [-0.05, 0) is 25.1 Å². The van der Waals surface area contributed by atoms with E-state index in [4.69, 9.17) is 20.9 Å². The number of hydrogen-bond donors (Lipinski definition) is 4. The number of amides is 4. The van der Waals surface area contributed by atoms with Crippen LogP contribution in [0.25, 0.3) is 5.70 Å². The molecule has 0 saturated carbocycles. The molecule has 0 radical (unpaired) electrons. The van der Waals surface area contributed by atoms with E-state index in [1.807, 2.05) is 0 Å². The molecule has 0 saturated heterocycles. The number of anilines is 1. The van der Waals surface area contributed by atoms with Gasteiger partial charge in [-0.2, -0.15) is 5.01 Å². The van der Waals surface area contributed by atoms with E-state index < -0.39 is 90.1 Å². The molecule has 14 nitrogen and oxygen atoms in total. The summed E-state index contributed by atoms with van der Waals surface area (Å²) >= 11 is 0.450. The predicted molar refractivity (Wildman–Crippen MR) is 139 cm³/mol. The van der Waals surface area contributed by atoms with Crippen molar-refractivity contribution in [3.63, 3.8) is 0 Å². The van der Waals surface area contributed by atoms with Gasteiger partial charge >= 0.3 is 12.1 Å². The van der Waals surface area contributed by atoms with Gasteiger partial charge in [-0.3, -0.25) is 9.79 Å². The van der Waals surface area contributed by atoms with Crippen LogP contribution in [0.1, 0.15) is 28.7 Å². The van der Waals surface area contributed by atoms with Gasteiger partial charge in [0.25, 0.3) is 18.3 Å². The Morgan fingerprint density at radius 2 is 2.02 bits per heavy atom. The second kappa shape index (κ2) is 11.9. The number of amidine groups is 1. The highest BCUT2D eigenvalue weighted by Crippen LogP contribution is 2.44. The number of ether oxygens (including phenoxy) is 2. The maximum Gasteiger partial charge on any atom is 0.437 e. The minimum absolute atomic E-state index is 0.225. The third kappa shape index (κ3) is 6.23. The number of halogens is 5. The lowest BCUT2D eigenvalue weighted by Crippen LogP contribution is -2.45. The molecule has 2 aliphatic heterocycles. The van der Waals surface area contributed by atoms with E-state index in [1.165, 1.54) is 0 Å². The zero-order valence-corrected chi connectivity index (χ0v) is 22.6. The van der Waals surface area contributed by atoms with Crippen molar-refractivity contribution in [2.45, 2.75) is 24.8 Å². The minimum Gasteiger partial charge on any atom is -0.470 e. The quantitative estimate of drug-likeness (QED) is 0.260. The Morgan fingerprint density at radius 3 is 2.67 bits per heavy atom. The molecule has 230 valence electrons. The molecule has 4 rings (SSSR count). The first kappa shape index (κ1) is 31.2. The molecule has 2 aliphatic rings. The van der Waals surface area contributed by atoms with E-state index in [0.29, 0.717) is 21.4 Å². The molecule has 3 heterocycles. The average Bonchev–Trinajstić information content (AvgIpc) is 3.34. The van der Waals surface area contributed by atoms with Crippen molar-refractivity contribution in [3.05, 3.63) is 52.6 Å². The molecule has 0 aliphatic carbocycles. The number of hydrogen-bond acceptors (Lipinski definition) is 10. The summed E-state index contributed by atoms with van der Waals surface area (Å²) in [6.45, 7) is -1.72. The number of nitrogens with two attached hydrogens (primary N) is 2. The highest BCUT2D eigenvalue weighted by molar-refractivity contribution is 8.00. The van der Waals surface area contributed by atoms with Crippen molar-refractivity contribution in [2.75, 3.05) is 25.1 Å². The molecular formula is C23H21F5N8O6S. The Balaban J connectivity index is 1.75. The Hall–Kier alpha value is -4.72. The van der Waals surface area contributed by atoms with E-state index in [-0.39, 0.29) is 11.5 Å². The molecule has 43 heavy (non-hydrogen) atoms. The van der Waals surface area contributed by atoms with E-state index in [0.717, 1.165) is 36.7 Å². The number of carbonyl (C=O) groups is 3. The number of carbonyl (C=O) groups excluding carboxylic acids is 2. The van der Waals surface area contributed by atoms with Crippen molar-refractivity contribution in [3.8, 4) is 5.88 Å². The van der Waals surface area contributed by atoms with Gasteiger partial charge in [-0.15, -0.1) is 4.41 Å². The molecule has 0 bridgehead atoms. The second-order valence-corrected chi connectivity index (χ2v) is 9.74. The zero-order chi connectivity index (χ0) is 31.7. The number of nitrogens with one attached hydrogen (secondary N) is 1. The number of primary amides is 1. The number of hydrazine groups is 1. The van der Waals surface area contributed by atoms with E-state index in [9.17, 15) is 32.7 Å². The number of benzene rings is 1. The fraction of sp³-hybridized carbons (Fsp3) is 0.304.